The summed E-state index contributed by atoms with van der Waals surface area (Å²) in [5.74, 6) is 0.0604. The molecule has 16 heavy (non-hydrogen) atoms. The second-order valence-electron chi connectivity index (χ2n) is 3.70. The maximum atomic E-state index is 11.6. The van der Waals surface area contributed by atoms with Crippen LogP contribution < -0.4 is 4.90 Å². The van der Waals surface area contributed by atoms with Gasteiger partial charge in [-0.3, -0.25) is 4.79 Å². The zero-order chi connectivity index (χ0) is 12.0. The van der Waals surface area contributed by atoms with Crippen molar-refractivity contribution in [2.45, 2.75) is 12.8 Å². The largest absolute Gasteiger partial charge is 0.411 e. The second-order valence-corrected chi connectivity index (χ2v) is 3.70. The van der Waals surface area contributed by atoms with Gasteiger partial charge in [-0.05, 0) is 30.7 Å². The quantitative estimate of drug-likeness (QED) is 0.358. The third-order valence-corrected chi connectivity index (χ3v) is 2.29. The summed E-state index contributed by atoms with van der Waals surface area (Å²) < 4.78 is 0. The van der Waals surface area contributed by atoms with Crippen LogP contribution in [-0.4, -0.2) is 31.3 Å². The van der Waals surface area contributed by atoms with Crippen molar-refractivity contribution < 1.29 is 10.0 Å². The van der Waals surface area contributed by atoms with Gasteiger partial charge >= 0.3 is 0 Å². The smallest absolute Gasteiger partial charge is 0.163 e. The van der Waals surface area contributed by atoms with Crippen molar-refractivity contribution in [2.75, 3.05) is 19.0 Å². The molecule has 0 aliphatic rings. The van der Waals surface area contributed by atoms with E-state index in [1.807, 2.05) is 43.3 Å². The molecular formula is C12H16N2O2. The number of ketones is 1. The molecule has 0 atom stereocenters. The second kappa shape index (κ2) is 5.90. The van der Waals surface area contributed by atoms with E-state index >= 15 is 0 Å². The molecule has 1 rings (SSSR count). The van der Waals surface area contributed by atoms with Gasteiger partial charge in [0.25, 0.3) is 0 Å². The van der Waals surface area contributed by atoms with Crippen LogP contribution in [0, 0.1) is 0 Å². The normalized spacial score (nSPS) is 10.6. The number of oxime groups is 1. The standard InChI is InChI=1S/C12H16N2O2/c1-14(2)11-7-5-10(6-8-11)12(15)4-3-9-13-16/h5-9,16H,3-4H2,1-2H3. The molecule has 0 bridgehead atoms. The van der Waals surface area contributed by atoms with Gasteiger partial charge in [0.05, 0.1) is 0 Å². The number of hydrogen-bond donors (Lipinski definition) is 1. The predicted octanol–water partition coefficient (Wildman–Crippen LogP) is 2.18. The van der Waals surface area contributed by atoms with Gasteiger partial charge in [-0.25, -0.2) is 0 Å². The SMILES string of the molecule is CN(C)c1ccc(C(=O)CCC=NO)cc1. The van der Waals surface area contributed by atoms with Gasteiger partial charge in [0.15, 0.2) is 5.78 Å². The number of Topliss-reactive ketones (excluding diaryl/α,β-unsaturated/α-hetero) is 1. The molecule has 86 valence electrons. The van der Waals surface area contributed by atoms with E-state index in [1.54, 1.807) is 0 Å². The van der Waals surface area contributed by atoms with Crippen molar-refractivity contribution in [3.8, 4) is 0 Å². The Bertz CT molecular complexity index is 369. The van der Waals surface area contributed by atoms with Gasteiger partial charge in [-0.1, -0.05) is 0 Å². The number of carbonyl (C=O) groups is 1. The average molecular weight is 220 g/mol. The van der Waals surface area contributed by atoms with E-state index < -0.39 is 0 Å². The lowest BCUT2D eigenvalue weighted by Gasteiger charge is -2.12. The van der Waals surface area contributed by atoms with Crippen molar-refractivity contribution in [1.82, 2.24) is 0 Å². The third-order valence-electron chi connectivity index (χ3n) is 2.29. The molecule has 0 saturated heterocycles. The Balaban J connectivity index is 2.63. The minimum atomic E-state index is 0.0604. The summed E-state index contributed by atoms with van der Waals surface area (Å²) in [6.07, 6.45) is 2.15. The van der Waals surface area contributed by atoms with Gasteiger partial charge < -0.3 is 10.1 Å². The Hall–Kier alpha value is -1.84. The number of hydrogen-bond acceptors (Lipinski definition) is 4. The fraction of sp³-hybridized carbons (Fsp3) is 0.333. The summed E-state index contributed by atoms with van der Waals surface area (Å²) >= 11 is 0. The molecule has 0 spiro atoms. The van der Waals surface area contributed by atoms with Gasteiger partial charge in [0.2, 0.25) is 0 Å². The first-order chi connectivity index (χ1) is 7.65. The van der Waals surface area contributed by atoms with Crippen LogP contribution in [0.2, 0.25) is 0 Å². The molecule has 0 radical (unpaired) electrons. The lowest BCUT2D eigenvalue weighted by Crippen LogP contribution is -2.08. The molecule has 4 heteroatoms. The highest BCUT2D eigenvalue weighted by Gasteiger charge is 2.05. The summed E-state index contributed by atoms with van der Waals surface area (Å²) in [5, 5.41) is 11.1. The highest BCUT2D eigenvalue weighted by atomic mass is 16.4. The highest BCUT2D eigenvalue weighted by Crippen LogP contribution is 2.13. The molecule has 0 aliphatic heterocycles. The molecule has 0 fully saturated rings. The van der Waals surface area contributed by atoms with E-state index in [9.17, 15) is 4.79 Å². The Morgan fingerprint density at radius 2 is 2.00 bits per heavy atom. The van der Waals surface area contributed by atoms with Gasteiger partial charge in [-0.15, -0.1) is 5.16 Å². The van der Waals surface area contributed by atoms with E-state index in [2.05, 4.69) is 5.16 Å². The van der Waals surface area contributed by atoms with Gasteiger partial charge in [0, 0.05) is 38.0 Å². The van der Waals surface area contributed by atoms with Gasteiger partial charge in [0.1, 0.15) is 0 Å². The number of anilines is 1. The van der Waals surface area contributed by atoms with Crippen molar-refractivity contribution in [3.05, 3.63) is 29.8 Å². The van der Waals surface area contributed by atoms with Crippen LogP contribution in [-0.2, 0) is 0 Å². The number of rotatable bonds is 5. The molecular weight excluding hydrogens is 204 g/mol. The van der Waals surface area contributed by atoms with Crippen LogP contribution in [0.3, 0.4) is 0 Å². The zero-order valence-corrected chi connectivity index (χ0v) is 9.55. The molecule has 1 N–H and O–H groups in total. The first kappa shape index (κ1) is 12.2. The van der Waals surface area contributed by atoms with Crippen molar-refractivity contribution in [1.29, 1.82) is 0 Å². The predicted molar refractivity (Wildman–Crippen MR) is 64.6 cm³/mol. The minimum Gasteiger partial charge on any atom is -0.411 e. The molecule has 1 aromatic rings. The summed E-state index contributed by atoms with van der Waals surface area (Å²) in [4.78, 5) is 13.6. The van der Waals surface area contributed by atoms with Crippen LogP contribution in [0.1, 0.15) is 23.2 Å². The molecule has 0 aromatic heterocycles. The average Bonchev–Trinajstić information content (AvgIpc) is 2.29. The highest BCUT2D eigenvalue weighted by molar-refractivity contribution is 5.97. The van der Waals surface area contributed by atoms with Crippen molar-refractivity contribution in [3.63, 3.8) is 0 Å². The lowest BCUT2D eigenvalue weighted by atomic mass is 10.1. The Morgan fingerprint density at radius 3 is 2.50 bits per heavy atom. The maximum Gasteiger partial charge on any atom is 0.163 e. The molecule has 0 unspecified atom stereocenters. The van der Waals surface area contributed by atoms with E-state index in [-0.39, 0.29) is 5.78 Å². The van der Waals surface area contributed by atoms with Crippen molar-refractivity contribution in [2.24, 2.45) is 5.16 Å². The van der Waals surface area contributed by atoms with E-state index in [0.29, 0.717) is 18.4 Å². The molecule has 0 aliphatic carbocycles. The van der Waals surface area contributed by atoms with Crippen LogP contribution in [0.4, 0.5) is 5.69 Å². The van der Waals surface area contributed by atoms with E-state index in [0.717, 1.165) is 5.69 Å². The Labute approximate surface area is 95.2 Å². The zero-order valence-electron chi connectivity index (χ0n) is 9.55. The van der Waals surface area contributed by atoms with Crippen molar-refractivity contribution >= 4 is 17.7 Å². The molecule has 0 amide bonds. The first-order valence-electron chi connectivity index (χ1n) is 5.11. The fourth-order valence-electron chi connectivity index (χ4n) is 1.34. The topological polar surface area (TPSA) is 52.9 Å². The molecule has 4 nitrogen and oxygen atoms in total. The molecule has 0 heterocycles. The summed E-state index contributed by atoms with van der Waals surface area (Å²) in [6.45, 7) is 0. The summed E-state index contributed by atoms with van der Waals surface area (Å²) in [6, 6.07) is 7.45. The number of benzene rings is 1. The van der Waals surface area contributed by atoms with Crippen LogP contribution in [0.25, 0.3) is 0 Å². The van der Waals surface area contributed by atoms with Gasteiger partial charge in [-0.2, -0.15) is 0 Å². The fourth-order valence-corrected chi connectivity index (χ4v) is 1.34. The molecule has 1 aromatic carbocycles. The van der Waals surface area contributed by atoms with Crippen LogP contribution >= 0.6 is 0 Å². The van der Waals surface area contributed by atoms with E-state index in [1.165, 1.54) is 6.21 Å². The lowest BCUT2D eigenvalue weighted by molar-refractivity contribution is 0.0985. The minimum absolute atomic E-state index is 0.0604. The Morgan fingerprint density at radius 1 is 1.38 bits per heavy atom. The first-order valence-corrected chi connectivity index (χ1v) is 5.11. The van der Waals surface area contributed by atoms with E-state index in [4.69, 9.17) is 5.21 Å². The third kappa shape index (κ3) is 3.38. The number of carbonyl (C=O) groups excluding carboxylic acids is 1. The van der Waals surface area contributed by atoms with Crippen LogP contribution in [0.15, 0.2) is 29.4 Å². The Kier molecular flexibility index (Phi) is 4.51. The molecule has 0 saturated carbocycles. The maximum absolute atomic E-state index is 11.6. The summed E-state index contributed by atoms with van der Waals surface area (Å²) in [5.41, 5.74) is 1.76. The summed E-state index contributed by atoms with van der Waals surface area (Å²) in [7, 11) is 3.91. The van der Waals surface area contributed by atoms with Crippen LogP contribution in [0.5, 0.6) is 0 Å². The monoisotopic (exact) mass is 220 g/mol. The number of nitrogens with zero attached hydrogens (tertiary/aromatic N) is 2.